The van der Waals surface area contributed by atoms with Gasteiger partial charge in [0.25, 0.3) is 0 Å². The molecule has 18 heavy (non-hydrogen) atoms. The lowest BCUT2D eigenvalue weighted by Gasteiger charge is -2.08. The number of imidazole rings is 1. The number of aryl methyl sites for hydroxylation is 2. The van der Waals surface area contributed by atoms with E-state index in [4.69, 9.17) is 12.2 Å². The van der Waals surface area contributed by atoms with Crippen LogP contribution in [0, 0.1) is 4.77 Å². The third-order valence-corrected chi connectivity index (χ3v) is 2.97. The molecule has 0 aliphatic rings. The first-order chi connectivity index (χ1) is 8.33. The first kappa shape index (κ1) is 13.1. The van der Waals surface area contributed by atoms with Crippen molar-refractivity contribution in [1.82, 2.24) is 19.3 Å². The second-order valence-electron chi connectivity index (χ2n) is 4.15. The van der Waals surface area contributed by atoms with Crippen molar-refractivity contribution in [3.63, 3.8) is 0 Å². The van der Waals surface area contributed by atoms with E-state index < -0.39 is 12.7 Å². The fraction of sp³-hybridized carbons (Fsp3) is 0.600. The standard InChI is InChI=1S/C10H13F3N4S/c1-3-4-6-7-8(16(2)15-6)17(9(18)14-7)5-10(11,12)13/h3-5H2,1-2H3,(H,14,18). The van der Waals surface area contributed by atoms with Gasteiger partial charge in [-0.1, -0.05) is 13.3 Å². The summed E-state index contributed by atoms with van der Waals surface area (Å²) >= 11 is 4.94. The minimum atomic E-state index is -4.30. The Balaban J connectivity index is 2.61. The molecule has 0 radical (unpaired) electrons. The number of alkyl halides is 3. The zero-order valence-electron chi connectivity index (χ0n) is 10.0. The molecule has 0 atom stereocenters. The van der Waals surface area contributed by atoms with E-state index in [2.05, 4.69) is 10.1 Å². The molecular weight excluding hydrogens is 265 g/mol. The summed E-state index contributed by atoms with van der Waals surface area (Å²) in [4.78, 5) is 2.82. The predicted molar refractivity (Wildman–Crippen MR) is 63.9 cm³/mol. The summed E-state index contributed by atoms with van der Waals surface area (Å²) in [6.07, 6.45) is -2.72. The van der Waals surface area contributed by atoms with Crippen LogP contribution in [0.2, 0.25) is 0 Å². The number of hydrogen-bond acceptors (Lipinski definition) is 2. The van der Waals surface area contributed by atoms with Gasteiger partial charge in [0.1, 0.15) is 12.1 Å². The predicted octanol–water partition coefficient (Wildman–Crippen LogP) is 2.95. The fourth-order valence-electron chi connectivity index (χ4n) is 2.02. The summed E-state index contributed by atoms with van der Waals surface area (Å²) in [7, 11) is 1.62. The van der Waals surface area contributed by atoms with Crippen LogP contribution < -0.4 is 0 Å². The van der Waals surface area contributed by atoms with Crippen molar-refractivity contribution in [3.8, 4) is 0 Å². The number of H-pyrrole nitrogens is 1. The Morgan fingerprint density at radius 2 is 2.06 bits per heavy atom. The van der Waals surface area contributed by atoms with E-state index in [1.807, 2.05) is 6.92 Å². The van der Waals surface area contributed by atoms with Crippen molar-refractivity contribution in [3.05, 3.63) is 10.5 Å². The normalized spacial score (nSPS) is 12.5. The third-order valence-electron chi connectivity index (χ3n) is 2.65. The molecule has 0 aromatic carbocycles. The summed E-state index contributed by atoms with van der Waals surface area (Å²) in [5.41, 5.74) is 1.75. The third kappa shape index (κ3) is 2.29. The van der Waals surface area contributed by atoms with Crippen LogP contribution in [0.5, 0.6) is 0 Å². The minimum absolute atomic E-state index is 0.0766. The Hall–Kier alpha value is -1.31. The van der Waals surface area contributed by atoms with E-state index in [0.29, 0.717) is 17.6 Å². The molecule has 2 rings (SSSR count). The molecule has 0 aliphatic heterocycles. The lowest BCUT2D eigenvalue weighted by molar-refractivity contribution is -0.140. The molecule has 2 aromatic heterocycles. The van der Waals surface area contributed by atoms with E-state index in [0.717, 1.165) is 16.7 Å². The molecule has 4 nitrogen and oxygen atoms in total. The Morgan fingerprint density at radius 1 is 1.39 bits per heavy atom. The highest BCUT2D eigenvalue weighted by Crippen LogP contribution is 2.24. The van der Waals surface area contributed by atoms with Crippen molar-refractivity contribution in [2.24, 2.45) is 7.05 Å². The number of halogens is 3. The van der Waals surface area contributed by atoms with E-state index in [1.165, 1.54) is 4.68 Å². The minimum Gasteiger partial charge on any atom is -0.328 e. The van der Waals surface area contributed by atoms with Gasteiger partial charge in [-0.15, -0.1) is 0 Å². The van der Waals surface area contributed by atoms with Crippen LogP contribution in [0.15, 0.2) is 0 Å². The van der Waals surface area contributed by atoms with Gasteiger partial charge in [0, 0.05) is 7.05 Å². The largest absolute Gasteiger partial charge is 0.406 e. The first-order valence-electron chi connectivity index (χ1n) is 5.54. The first-order valence-corrected chi connectivity index (χ1v) is 5.95. The Kier molecular flexibility index (Phi) is 3.22. The smallest absolute Gasteiger partial charge is 0.328 e. The highest BCUT2D eigenvalue weighted by atomic mass is 32.1. The number of rotatable bonds is 3. The average molecular weight is 278 g/mol. The summed E-state index contributed by atoms with van der Waals surface area (Å²) in [5, 5.41) is 4.22. The SMILES string of the molecule is CCCc1nn(C)c2c1[nH]c(=S)n2CC(F)(F)F. The lowest BCUT2D eigenvalue weighted by atomic mass is 10.2. The second kappa shape index (κ2) is 4.42. The summed E-state index contributed by atoms with van der Waals surface area (Å²) < 4.78 is 40.1. The summed E-state index contributed by atoms with van der Waals surface area (Å²) in [6.45, 7) is 0.888. The van der Waals surface area contributed by atoms with Gasteiger partial charge in [-0.25, -0.2) is 0 Å². The van der Waals surface area contributed by atoms with E-state index in [9.17, 15) is 13.2 Å². The van der Waals surface area contributed by atoms with Crippen LogP contribution in [0.25, 0.3) is 11.2 Å². The molecule has 0 aliphatic carbocycles. The van der Waals surface area contributed by atoms with Crippen molar-refractivity contribution in [2.45, 2.75) is 32.5 Å². The van der Waals surface area contributed by atoms with Gasteiger partial charge >= 0.3 is 6.18 Å². The molecule has 0 fully saturated rings. The number of hydrogen-bond donors (Lipinski definition) is 1. The summed E-state index contributed by atoms with van der Waals surface area (Å²) in [5.74, 6) is 0. The maximum absolute atomic E-state index is 12.5. The van der Waals surface area contributed by atoms with Crippen molar-refractivity contribution >= 4 is 23.4 Å². The molecule has 2 aromatic rings. The van der Waals surface area contributed by atoms with Gasteiger partial charge < -0.3 is 4.98 Å². The molecule has 1 N–H and O–H groups in total. The van der Waals surface area contributed by atoms with Crippen LogP contribution in [-0.4, -0.2) is 25.5 Å². The molecule has 0 unspecified atom stereocenters. The highest BCUT2D eigenvalue weighted by molar-refractivity contribution is 7.71. The second-order valence-corrected chi connectivity index (χ2v) is 4.54. The van der Waals surface area contributed by atoms with Gasteiger partial charge in [0.15, 0.2) is 10.4 Å². The number of aromatic nitrogens is 4. The number of fused-ring (bicyclic) bond motifs is 1. The molecule has 0 saturated carbocycles. The molecule has 0 spiro atoms. The monoisotopic (exact) mass is 278 g/mol. The van der Waals surface area contributed by atoms with E-state index in [1.54, 1.807) is 7.05 Å². The Labute approximate surface area is 106 Å². The highest BCUT2D eigenvalue weighted by Gasteiger charge is 2.30. The van der Waals surface area contributed by atoms with Gasteiger partial charge in [0.05, 0.1) is 5.69 Å². The number of nitrogens with zero attached hydrogens (tertiary/aromatic N) is 3. The zero-order chi connectivity index (χ0) is 13.5. The molecule has 0 bridgehead atoms. The van der Waals surface area contributed by atoms with Crippen LogP contribution >= 0.6 is 12.2 Å². The zero-order valence-corrected chi connectivity index (χ0v) is 10.8. The van der Waals surface area contributed by atoms with E-state index in [-0.39, 0.29) is 4.77 Å². The number of nitrogens with one attached hydrogen (secondary N) is 1. The molecule has 100 valence electrons. The molecule has 2 heterocycles. The van der Waals surface area contributed by atoms with Crippen LogP contribution in [0.4, 0.5) is 13.2 Å². The quantitative estimate of drug-likeness (QED) is 0.877. The molecule has 8 heteroatoms. The van der Waals surface area contributed by atoms with Gasteiger partial charge in [-0.05, 0) is 18.6 Å². The molecule has 0 amide bonds. The van der Waals surface area contributed by atoms with Crippen molar-refractivity contribution < 1.29 is 13.2 Å². The van der Waals surface area contributed by atoms with Gasteiger partial charge in [-0.2, -0.15) is 18.3 Å². The van der Waals surface area contributed by atoms with Crippen LogP contribution in [0.1, 0.15) is 19.0 Å². The van der Waals surface area contributed by atoms with E-state index >= 15 is 0 Å². The molecule has 0 saturated heterocycles. The maximum Gasteiger partial charge on any atom is 0.406 e. The number of aromatic amines is 1. The Bertz CT molecular complexity index is 619. The summed E-state index contributed by atoms with van der Waals surface area (Å²) in [6, 6.07) is 0. The van der Waals surface area contributed by atoms with Crippen molar-refractivity contribution in [1.29, 1.82) is 0 Å². The van der Waals surface area contributed by atoms with Crippen LogP contribution in [0.3, 0.4) is 0 Å². The Morgan fingerprint density at radius 3 is 2.61 bits per heavy atom. The molecular formula is C10H13F3N4S. The fourth-order valence-corrected chi connectivity index (χ4v) is 2.27. The van der Waals surface area contributed by atoms with Gasteiger partial charge in [-0.3, -0.25) is 9.25 Å². The van der Waals surface area contributed by atoms with Gasteiger partial charge in [0.2, 0.25) is 0 Å². The lowest BCUT2D eigenvalue weighted by Crippen LogP contribution is -2.18. The van der Waals surface area contributed by atoms with Crippen LogP contribution in [-0.2, 0) is 20.0 Å². The average Bonchev–Trinajstić information content (AvgIpc) is 2.67. The topological polar surface area (TPSA) is 38.5 Å². The maximum atomic E-state index is 12.5. The van der Waals surface area contributed by atoms with Crippen molar-refractivity contribution in [2.75, 3.05) is 0 Å².